The second-order valence-electron chi connectivity index (χ2n) is 5.86. The van der Waals surface area contributed by atoms with E-state index in [1.54, 1.807) is 0 Å². The van der Waals surface area contributed by atoms with Crippen molar-refractivity contribution in [2.24, 2.45) is 11.3 Å². The van der Waals surface area contributed by atoms with Gasteiger partial charge in [0.2, 0.25) is 0 Å². The number of hydrogen-bond donors (Lipinski definition) is 1. The van der Waals surface area contributed by atoms with Crippen molar-refractivity contribution in [1.29, 1.82) is 0 Å². The van der Waals surface area contributed by atoms with Crippen LogP contribution >= 0.6 is 0 Å². The number of carbonyl (C=O) groups is 1. The van der Waals surface area contributed by atoms with Gasteiger partial charge in [-0.15, -0.1) is 0 Å². The normalized spacial score (nSPS) is 41.1. The second kappa shape index (κ2) is 4.84. The zero-order chi connectivity index (χ0) is 11.6. The van der Waals surface area contributed by atoms with Crippen LogP contribution in [0.25, 0.3) is 0 Å². The molecule has 0 spiro atoms. The van der Waals surface area contributed by atoms with Gasteiger partial charge in [0, 0.05) is 25.0 Å². The van der Waals surface area contributed by atoms with Gasteiger partial charge in [-0.2, -0.15) is 0 Å². The lowest BCUT2D eigenvalue weighted by Crippen LogP contribution is -2.41. The Morgan fingerprint density at radius 3 is 2.88 bits per heavy atom. The van der Waals surface area contributed by atoms with E-state index in [2.05, 4.69) is 11.8 Å². The average molecular weight is 225 g/mol. The van der Waals surface area contributed by atoms with Gasteiger partial charge in [-0.1, -0.05) is 19.8 Å². The molecule has 1 saturated heterocycles. The van der Waals surface area contributed by atoms with Crippen LogP contribution in [0, 0.1) is 11.3 Å². The molecule has 2 fully saturated rings. The number of rotatable bonds is 3. The van der Waals surface area contributed by atoms with Gasteiger partial charge < -0.3 is 9.90 Å². The summed E-state index contributed by atoms with van der Waals surface area (Å²) in [5.41, 5.74) is -0.123. The van der Waals surface area contributed by atoms with Crippen molar-refractivity contribution < 1.29 is 9.90 Å². The number of aliphatic hydroxyl groups is 1. The van der Waals surface area contributed by atoms with Crippen LogP contribution in [-0.2, 0) is 4.79 Å². The van der Waals surface area contributed by atoms with Gasteiger partial charge in [0.25, 0.3) is 0 Å². The highest BCUT2D eigenvalue weighted by Gasteiger charge is 2.37. The molecule has 0 aromatic heterocycles. The highest BCUT2D eigenvalue weighted by Crippen LogP contribution is 2.38. The van der Waals surface area contributed by atoms with E-state index in [4.69, 9.17) is 0 Å². The summed E-state index contributed by atoms with van der Waals surface area (Å²) in [7, 11) is 0. The predicted octanol–water partition coefficient (Wildman–Crippen LogP) is 1.45. The first-order chi connectivity index (χ1) is 7.63. The zero-order valence-electron chi connectivity index (χ0n) is 10.2. The van der Waals surface area contributed by atoms with Crippen LogP contribution in [0.15, 0.2) is 0 Å². The molecule has 3 unspecified atom stereocenters. The Kier molecular flexibility index (Phi) is 3.65. The summed E-state index contributed by atoms with van der Waals surface area (Å²) in [5, 5.41) is 9.51. The molecule has 3 heteroatoms. The van der Waals surface area contributed by atoms with Gasteiger partial charge in [0.1, 0.15) is 6.29 Å². The smallest absolute Gasteiger partial charge is 0.127 e. The number of β-amino-alcohol motifs (C(OH)–C–C–N with tert-alkyl or cyclic N) is 1. The van der Waals surface area contributed by atoms with E-state index in [1.165, 1.54) is 19.1 Å². The number of nitrogens with zero attached hydrogens (tertiary/aromatic N) is 1. The van der Waals surface area contributed by atoms with E-state index >= 15 is 0 Å². The van der Waals surface area contributed by atoms with E-state index in [9.17, 15) is 9.90 Å². The first-order valence-electron chi connectivity index (χ1n) is 6.50. The van der Waals surface area contributed by atoms with Crippen molar-refractivity contribution in [3.05, 3.63) is 0 Å². The van der Waals surface area contributed by atoms with Crippen LogP contribution < -0.4 is 0 Å². The van der Waals surface area contributed by atoms with Crippen molar-refractivity contribution in [1.82, 2.24) is 4.90 Å². The van der Waals surface area contributed by atoms with E-state index in [-0.39, 0.29) is 11.5 Å². The molecule has 1 heterocycles. The lowest BCUT2D eigenvalue weighted by Gasteiger charge is -2.38. The molecule has 92 valence electrons. The maximum atomic E-state index is 11.4. The highest BCUT2D eigenvalue weighted by atomic mass is 16.3. The Labute approximate surface area is 97.8 Å². The van der Waals surface area contributed by atoms with Gasteiger partial charge in [0.15, 0.2) is 0 Å². The topological polar surface area (TPSA) is 40.5 Å². The maximum absolute atomic E-state index is 11.4. The minimum absolute atomic E-state index is 0.123. The molecule has 0 bridgehead atoms. The fourth-order valence-electron chi connectivity index (χ4n) is 3.39. The average Bonchev–Trinajstić information content (AvgIpc) is 2.64. The SMILES string of the molecule is CC1CCCC(C=O)(CN2CCC(O)C2)C1. The van der Waals surface area contributed by atoms with Gasteiger partial charge >= 0.3 is 0 Å². The predicted molar refractivity (Wildman–Crippen MR) is 63.2 cm³/mol. The third-order valence-corrected chi connectivity index (χ3v) is 4.16. The fraction of sp³-hybridized carbons (Fsp3) is 0.923. The van der Waals surface area contributed by atoms with Crippen LogP contribution in [0.1, 0.15) is 39.0 Å². The molecular weight excluding hydrogens is 202 g/mol. The summed E-state index contributed by atoms with van der Waals surface area (Å²) in [6, 6.07) is 0. The quantitative estimate of drug-likeness (QED) is 0.739. The molecule has 0 aromatic carbocycles. The van der Waals surface area contributed by atoms with Crippen LogP contribution in [0.4, 0.5) is 0 Å². The van der Waals surface area contributed by atoms with Gasteiger partial charge in [-0.05, 0) is 25.2 Å². The molecule has 1 aliphatic heterocycles. The standard InChI is InChI=1S/C13H23NO2/c1-11-3-2-5-13(7-11,10-15)9-14-6-4-12(16)8-14/h10-12,16H,2-9H2,1H3. The minimum atomic E-state index is -0.176. The number of carbonyl (C=O) groups excluding carboxylic acids is 1. The first kappa shape index (κ1) is 12.1. The molecule has 2 rings (SSSR count). The molecular formula is C13H23NO2. The van der Waals surface area contributed by atoms with Crippen LogP contribution in [-0.4, -0.2) is 42.0 Å². The zero-order valence-corrected chi connectivity index (χ0v) is 10.2. The summed E-state index contributed by atoms with van der Waals surface area (Å²) in [5.74, 6) is 0.673. The Balaban J connectivity index is 1.95. The molecule has 1 N–H and O–H groups in total. The molecule has 1 aliphatic carbocycles. The number of aliphatic hydroxyl groups excluding tert-OH is 1. The minimum Gasteiger partial charge on any atom is -0.392 e. The molecule has 0 amide bonds. The molecule has 1 saturated carbocycles. The van der Waals surface area contributed by atoms with Crippen molar-refractivity contribution in [2.45, 2.75) is 45.1 Å². The lowest BCUT2D eigenvalue weighted by atomic mass is 9.71. The van der Waals surface area contributed by atoms with E-state index in [0.717, 1.165) is 38.9 Å². The van der Waals surface area contributed by atoms with Crippen LogP contribution in [0.3, 0.4) is 0 Å². The summed E-state index contributed by atoms with van der Waals surface area (Å²) in [6.07, 6.45) is 6.38. The van der Waals surface area contributed by atoms with Gasteiger partial charge in [-0.3, -0.25) is 4.90 Å². The lowest BCUT2D eigenvalue weighted by molar-refractivity contribution is -0.120. The Bertz CT molecular complexity index is 256. The van der Waals surface area contributed by atoms with Crippen molar-refractivity contribution in [2.75, 3.05) is 19.6 Å². The van der Waals surface area contributed by atoms with Crippen molar-refractivity contribution >= 4 is 6.29 Å². The Hall–Kier alpha value is -0.410. The monoisotopic (exact) mass is 225 g/mol. The molecule has 2 aliphatic rings. The number of aldehydes is 1. The largest absolute Gasteiger partial charge is 0.392 e. The van der Waals surface area contributed by atoms with Crippen LogP contribution in [0.5, 0.6) is 0 Å². The maximum Gasteiger partial charge on any atom is 0.127 e. The molecule has 16 heavy (non-hydrogen) atoms. The summed E-state index contributed by atoms with van der Waals surface area (Å²) in [4.78, 5) is 13.7. The first-order valence-corrected chi connectivity index (χ1v) is 6.50. The third-order valence-electron chi connectivity index (χ3n) is 4.16. The van der Waals surface area contributed by atoms with Crippen LogP contribution in [0.2, 0.25) is 0 Å². The highest BCUT2D eigenvalue weighted by molar-refractivity contribution is 5.60. The molecule has 3 nitrogen and oxygen atoms in total. The van der Waals surface area contributed by atoms with Crippen molar-refractivity contribution in [3.63, 3.8) is 0 Å². The van der Waals surface area contributed by atoms with E-state index < -0.39 is 0 Å². The molecule has 0 aromatic rings. The Morgan fingerprint density at radius 2 is 2.31 bits per heavy atom. The third kappa shape index (κ3) is 2.64. The van der Waals surface area contributed by atoms with Gasteiger partial charge in [-0.25, -0.2) is 0 Å². The summed E-state index contributed by atoms with van der Waals surface area (Å²) >= 11 is 0. The van der Waals surface area contributed by atoms with E-state index in [0.29, 0.717) is 5.92 Å². The molecule has 0 radical (unpaired) electrons. The van der Waals surface area contributed by atoms with E-state index in [1.807, 2.05) is 0 Å². The fourth-order valence-corrected chi connectivity index (χ4v) is 3.39. The number of hydrogen-bond acceptors (Lipinski definition) is 3. The number of likely N-dealkylation sites (tertiary alicyclic amines) is 1. The second-order valence-corrected chi connectivity index (χ2v) is 5.86. The van der Waals surface area contributed by atoms with Gasteiger partial charge in [0.05, 0.1) is 6.10 Å². The Morgan fingerprint density at radius 1 is 1.50 bits per heavy atom. The summed E-state index contributed by atoms with van der Waals surface area (Å²) in [6.45, 7) is 4.81. The summed E-state index contributed by atoms with van der Waals surface area (Å²) < 4.78 is 0. The molecule has 3 atom stereocenters. The van der Waals surface area contributed by atoms with Crippen molar-refractivity contribution in [3.8, 4) is 0 Å².